The molecule has 0 saturated carbocycles. The van der Waals surface area contributed by atoms with Crippen molar-refractivity contribution in [2.75, 3.05) is 26.7 Å². The summed E-state index contributed by atoms with van der Waals surface area (Å²) in [6, 6.07) is 0.246. The van der Waals surface area contributed by atoms with E-state index >= 15 is 0 Å². The van der Waals surface area contributed by atoms with Gasteiger partial charge in [-0.1, -0.05) is 6.92 Å². The molecule has 0 aromatic heterocycles. The number of halogens is 3. The van der Waals surface area contributed by atoms with Gasteiger partial charge in [-0.15, -0.1) is 0 Å². The van der Waals surface area contributed by atoms with E-state index in [0.717, 1.165) is 19.5 Å². The van der Waals surface area contributed by atoms with Crippen LogP contribution in [0.4, 0.5) is 13.2 Å². The SMILES string of the molecule is CC1CNCC(N(C)CCC(F)(F)F)C1. The normalized spacial score (nSPS) is 28.4. The van der Waals surface area contributed by atoms with Gasteiger partial charge < -0.3 is 10.2 Å². The predicted molar refractivity (Wildman–Crippen MR) is 53.7 cm³/mol. The summed E-state index contributed by atoms with van der Waals surface area (Å²) in [4.78, 5) is 1.82. The maximum absolute atomic E-state index is 12.0. The van der Waals surface area contributed by atoms with Crippen molar-refractivity contribution in [3.05, 3.63) is 0 Å². The molecule has 2 unspecified atom stereocenters. The van der Waals surface area contributed by atoms with E-state index in [9.17, 15) is 13.2 Å². The molecule has 1 aliphatic heterocycles. The van der Waals surface area contributed by atoms with Crippen molar-refractivity contribution >= 4 is 0 Å². The van der Waals surface area contributed by atoms with E-state index in [1.54, 1.807) is 7.05 Å². The Morgan fingerprint density at radius 1 is 1.33 bits per heavy atom. The van der Waals surface area contributed by atoms with Gasteiger partial charge in [0, 0.05) is 19.1 Å². The zero-order valence-corrected chi connectivity index (χ0v) is 9.27. The lowest BCUT2D eigenvalue weighted by molar-refractivity contribution is -0.138. The highest BCUT2D eigenvalue weighted by molar-refractivity contribution is 4.80. The van der Waals surface area contributed by atoms with Gasteiger partial charge in [0.15, 0.2) is 0 Å². The minimum atomic E-state index is -4.04. The van der Waals surface area contributed by atoms with Gasteiger partial charge in [0.05, 0.1) is 6.42 Å². The number of hydrogen-bond donors (Lipinski definition) is 1. The summed E-state index contributed by atoms with van der Waals surface area (Å²) in [6.07, 6.45) is -3.77. The quantitative estimate of drug-likeness (QED) is 0.787. The zero-order chi connectivity index (χ0) is 11.5. The number of alkyl halides is 3. The molecule has 0 aliphatic carbocycles. The highest BCUT2D eigenvalue weighted by Gasteiger charge is 2.29. The molecule has 0 aromatic rings. The average molecular weight is 224 g/mol. The lowest BCUT2D eigenvalue weighted by Gasteiger charge is -2.34. The second kappa shape index (κ2) is 5.16. The molecule has 0 amide bonds. The molecule has 90 valence electrons. The summed E-state index contributed by atoms with van der Waals surface area (Å²) in [7, 11) is 1.77. The zero-order valence-electron chi connectivity index (χ0n) is 9.27. The Balaban J connectivity index is 2.29. The number of nitrogens with zero attached hydrogens (tertiary/aromatic N) is 1. The van der Waals surface area contributed by atoms with Crippen LogP contribution >= 0.6 is 0 Å². The van der Waals surface area contributed by atoms with Crippen LogP contribution in [0.15, 0.2) is 0 Å². The van der Waals surface area contributed by atoms with Crippen LogP contribution < -0.4 is 5.32 Å². The first kappa shape index (κ1) is 12.8. The largest absolute Gasteiger partial charge is 0.390 e. The Kier molecular flexibility index (Phi) is 4.40. The van der Waals surface area contributed by atoms with Crippen LogP contribution in [0.3, 0.4) is 0 Å². The number of piperidine rings is 1. The van der Waals surface area contributed by atoms with Gasteiger partial charge in [-0.3, -0.25) is 0 Å². The maximum Gasteiger partial charge on any atom is 0.390 e. The molecule has 1 rings (SSSR count). The summed E-state index contributed by atoms with van der Waals surface area (Å²) < 4.78 is 36.1. The Hall–Kier alpha value is -0.290. The Bertz CT molecular complexity index is 194. The topological polar surface area (TPSA) is 15.3 Å². The van der Waals surface area contributed by atoms with E-state index in [-0.39, 0.29) is 12.6 Å². The van der Waals surface area contributed by atoms with Crippen molar-refractivity contribution in [1.82, 2.24) is 10.2 Å². The van der Waals surface area contributed by atoms with E-state index in [1.165, 1.54) is 0 Å². The van der Waals surface area contributed by atoms with Crippen LogP contribution in [-0.2, 0) is 0 Å². The van der Waals surface area contributed by atoms with Gasteiger partial charge in [-0.05, 0) is 25.9 Å². The average Bonchev–Trinajstić information content (AvgIpc) is 2.13. The number of rotatable bonds is 3. The summed E-state index contributed by atoms with van der Waals surface area (Å²) in [6.45, 7) is 4.00. The van der Waals surface area contributed by atoms with Crippen molar-refractivity contribution in [3.8, 4) is 0 Å². The van der Waals surface area contributed by atoms with Crippen molar-refractivity contribution in [3.63, 3.8) is 0 Å². The molecule has 15 heavy (non-hydrogen) atoms. The molecule has 0 radical (unpaired) electrons. The maximum atomic E-state index is 12.0. The predicted octanol–water partition coefficient (Wildman–Crippen LogP) is 1.87. The highest BCUT2D eigenvalue weighted by atomic mass is 19.4. The van der Waals surface area contributed by atoms with Crippen molar-refractivity contribution in [1.29, 1.82) is 0 Å². The third kappa shape index (κ3) is 4.84. The lowest BCUT2D eigenvalue weighted by Crippen LogP contribution is -2.47. The van der Waals surface area contributed by atoms with Crippen LogP contribution in [0, 0.1) is 5.92 Å². The van der Waals surface area contributed by atoms with E-state index in [2.05, 4.69) is 12.2 Å². The number of nitrogens with one attached hydrogen (secondary N) is 1. The molecule has 1 N–H and O–H groups in total. The van der Waals surface area contributed by atoms with Crippen LogP contribution in [0.5, 0.6) is 0 Å². The fourth-order valence-electron chi connectivity index (χ4n) is 1.95. The first-order valence-corrected chi connectivity index (χ1v) is 5.36. The number of likely N-dealkylation sites (N-methyl/N-ethyl adjacent to an activating group) is 1. The summed E-state index contributed by atoms with van der Waals surface area (Å²) in [5, 5.41) is 3.24. The van der Waals surface area contributed by atoms with Crippen LogP contribution in [0.2, 0.25) is 0 Å². The molecule has 0 spiro atoms. The minimum Gasteiger partial charge on any atom is -0.315 e. The molecule has 0 bridgehead atoms. The molecule has 2 atom stereocenters. The fraction of sp³-hybridized carbons (Fsp3) is 1.00. The van der Waals surface area contributed by atoms with Gasteiger partial charge in [-0.2, -0.15) is 13.2 Å². The fourth-order valence-corrected chi connectivity index (χ4v) is 1.95. The van der Waals surface area contributed by atoms with E-state index in [1.807, 2.05) is 4.90 Å². The first-order valence-electron chi connectivity index (χ1n) is 5.36. The second-order valence-corrected chi connectivity index (χ2v) is 4.50. The standard InChI is InChI=1S/C10H19F3N2/c1-8-5-9(7-14-6-8)15(2)4-3-10(11,12)13/h8-9,14H,3-7H2,1-2H3. The highest BCUT2D eigenvalue weighted by Crippen LogP contribution is 2.21. The van der Waals surface area contributed by atoms with E-state index in [4.69, 9.17) is 0 Å². The monoisotopic (exact) mass is 224 g/mol. The van der Waals surface area contributed by atoms with Crippen molar-refractivity contribution in [2.45, 2.75) is 32.0 Å². The molecule has 1 fully saturated rings. The van der Waals surface area contributed by atoms with Crippen LogP contribution in [0.1, 0.15) is 19.8 Å². The van der Waals surface area contributed by atoms with Crippen molar-refractivity contribution < 1.29 is 13.2 Å². The minimum absolute atomic E-state index is 0.0998. The van der Waals surface area contributed by atoms with Gasteiger partial charge in [0.1, 0.15) is 0 Å². The van der Waals surface area contributed by atoms with Crippen molar-refractivity contribution in [2.24, 2.45) is 5.92 Å². The summed E-state index contributed by atoms with van der Waals surface area (Å²) >= 11 is 0. The van der Waals surface area contributed by atoms with Gasteiger partial charge in [0.2, 0.25) is 0 Å². The Labute approximate surface area is 88.8 Å². The molecular weight excluding hydrogens is 205 g/mol. The van der Waals surface area contributed by atoms with Crippen LogP contribution in [-0.4, -0.2) is 43.8 Å². The molecular formula is C10H19F3N2. The first-order chi connectivity index (χ1) is 6.88. The molecule has 1 heterocycles. The molecule has 2 nitrogen and oxygen atoms in total. The smallest absolute Gasteiger partial charge is 0.315 e. The van der Waals surface area contributed by atoms with Gasteiger partial charge in [0.25, 0.3) is 0 Å². The summed E-state index contributed by atoms with van der Waals surface area (Å²) in [5.41, 5.74) is 0. The van der Waals surface area contributed by atoms with Gasteiger partial charge in [-0.25, -0.2) is 0 Å². The van der Waals surface area contributed by atoms with E-state index < -0.39 is 12.6 Å². The molecule has 1 aliphatic rings. The second-order valence-electron chi connectivity index (χ2n) is 4.50. The summed E-state index contributed by atoms with van der Waals surface area (Å²) in [5.74, 6) is 0.553. The third-order valence-electron chi connectivity index (χ3n) is 2.92. The Morgan fingerprint density at radius 3 is 2.53 bits per heavy atom. The molecule has 1 saturated heterocycles. The molecule has 0 aromatic carbocycles. The van der Waals surface area contributed by atoms with E-state index in [0.29, 0.717) is 5.92 Å². The molecule has 5 heteroatoms. The lowest BCUT2D eigenvalue weighted by atomic mass is 9.97. The number of hydrogen-bond acceptors (Lipinski definition) is 2. The third-order valence-corrected chi connectivity index (χ3v) is 2.92. The Morgan fingerprint density at radius 2 is 2.00 bits per heavy atom. The van der Waals surface area contributed by atoms with Crippen LogP contribution in [0.25, 0.3) is 0 Å². The van der Waals surface area contributed by atoms with Gasteiger partial charge >= 0.3 is 6.18 Å².